The van der Waals surface area contributed by atoms with Gasteiger partial charge < -0.3 is 15.8 Å². The Morgan fingerprint density at radius 2 is 1.80 bits per heavy atom. The molecule has 2 atom stereocenters. The number of aromatic nitrogens is 4. The molecule has 0 radical (unpaired) electrons. The number of pyridine rings is 1. The second-order valence-corrected chi connectivity index (χ2v) is 10.6. The SMILES string of the molecule is CON(C)C(=O)c1c(-c2ccc(NC(=O)Nc3cc(C(F)(F)F)ccn3)cc2)c2c(N)ncnn2c1CN1CC(C)OC(C)C1. The summed E-state index contributed by atoms with van der Waals surface area (Å²) in [5.74, 6) is -0.548. The highest BCUT2D eigenvalue weighted by molar-refractivity contribution is 6.08. The number of nitrogens with one attached hydrogen (secondary N) is 2. The molecule has 4 heterocycles. The van der Waals surface area contributed by atoms with E-state index in [0.29, 0.717) is 53.2 Å². The number of nitrogens with zero attached hydrogens (tertiary/aromatic N) is 6. The van der Waals surface area contributed by atoms with Gasteiger partial charge in [0.15, 0.2) is 5.82 Å². The first-order valence-corrected chi connectivity index (χ1v) is 13.9. The van der Waals surface area contributed by atoms with Gasteiger partial charge in [0, 0.05) is 44.1 Å². The van der Waals surface area contributed by atoms with Crippen molar-refractivity contribution in [2.24, 2.45) is 0 Å². The lowest BCUT2D eigenvalue weighted by Gasteiger charge is -2.35. The Bertz CT molecular complexity index is 1700. The van der Waals surface area contributed by atoms with Crippen molar-refractivity contribution in [1.29, 1.82) is 0 Å². The van der Waals surface area contributed by atoms with Gasteiger partial charge in [-0.3, -0.25) is 19.8 Å². The number of hydrogen-bond donors (Lipinski definition) is 3. The predicted molar refractivity (Wildman–Crippen MR) is 159 cm³/mol. The van der Waals surface area contributed by atoms with Crippen LogP contribution in [0.4, 0.5) is 35.3 Å². The minimum Gasteiger partial charge on any atom is -0.382 e. The van der Waals surface area contributed by atoms with Gasteiger partial charge in [-0.15, -0.1) is 0 Å². The van der Waals surface area contributed by atoms with Crippen LogP contribution in [0.25, 0.3) is 16.6 Å². The minimum atomic E-state index is -4.58. The zero-order chi connectivity index (χ0) is 32.5. The third-order valence-electron chi connectivity index (χ3n) is 7.25. The summed E-state index contributed by atoms with van der Waals surface area (Å²) in [6, 6.07) is 7.25. The Kier molecular flexibility index (Phi) is 8.90. The molecule has 5 rings (SSSR count). The second-order valence-electron chi connectivity index (χ2n) is 10.6. The van der Waals surface area contributed by atoms with E-state index in [1.165, 1.54) is 20.5 Å². The first-order valence-electron chi connectivity index (χ1n) is 13.9. The van der Waals surface area contributed by atoms with Crippen LogP contribution in [0.3, 0.4) is 0 Å². The second kappa shape index (κ2) is 12.7. The van der Waals surface area contributed by atoms with Crippen molar-refractivity contribution < 1.29 is 32.3 Å². The van der Waals surface area contributed by atoms with Crippen LogP contribution in [-0.4, -0.2) is 80.9 Å². The van der Waals surface area contributed by atoms with E-state index in [1.54, 1.807) is 28.8 Å². The van der Waals surface area contributed by atoms with Crippen LogP contribution in [0.1, 0.15) is 35.5 Å². The van der Waals surface area contributed by atoms with Crippen molar-refractivity contribution >= 4 is 34.8 Å². The van der Waals surface area contributed by atoms with Crippen LogP contribution >= 0.6 is 0 Å². The molecule has 0 bridgehead atoms. The van der Waals surface area contributed by atoms with Crippen molar-refractivity contribution in [2.45, 2.75) is 38.8 Å². The zero-order valence-corrected chi connectivity index (χ0v) is 24.9. The Hall–Kier alpha value is -4.80. The lowest BCUT2D eigenvalue weighted by atomic mass is 9.99. The van der Waals surface area contributed by atoms with Crippen LogP contribution in [0, 0.1) is 0 Å². The maximum Gasteiger partial charge on any atom is 0.416 e. The molecule has 0 saturated carbocycles. The number of fused-ring (bicyclic) bond motifs is 1. The number of carbonyl (C=O) groups excluding carboxylic acids is 2. The lowest BCUT2D eigenvalue weighted by Crippen LogP contribution is -2.45. The van der Waals surface area contributed by atoms with Gasteiger partial charge in [-0.1, -0.05) is 12.1 Å². The number of anilines is 3. The summed E-state index contributed by atoms with van der Waals surface area (Å²) >= 11 is 0. The Labute approximate surface area is 256 Å². The summed E-state index contributed by atoms with van der Waals surface area (Å²) in [6.45, 7) is 5.61. The number of amides is 3. The normalized spacial score (nSPS) is 17.3. The quantitative estimate of drug-likeness (QED) is 0.255. The molecule has 3 amide bonds. The number of ether oxygens (including phenoxy) is 1. The molecule has 2 unspecified atom stereocenters. The van der Waals surface area contributed by atoms with Crippen LogP contribution in [0.5, 0.6) is 0 Å². The largest absolute Gasteiger partial charge is 0.416 e. The number of benzene rings is 1. The van der Waals surface area contributed by atoms with Crippen molar-refractivity contribution in [3.63, 3.8) is 0 Å². The average molecular weight is 628 g/mol. The summed E-state index contributed by atoms with van der Waals surface area (Å²) in [5, 5.41) is 10.4. The van der Waals surface area contributed by atoms with Crippen molar-refractivity contribution in [3.05, 3.63) is 65.7 Å². The van der Waals surface area contributed by atoms with E-state index in [1.807, 2.05) is 13.8 Å². The van der Waals surface area contributed by atoms with Crippen LogP contribution < -0.4 is 16.4 Å². The highest BCUT2D eigenvalue weighted by Gasteiger charge is 2.33. The molecular weight excluding hydrogens is 595 g/mol. The summed E-state index contributed by atoms with van der Waals surface area (Å²) in [7, 11) is 2.88. The lowest BCUT2D eigenvalue weighted by molar-refractivity contribution is -0.137. The topological polar surface area (TPSA) is 152 Å². The zero-order valence-electron chi connectivity index (χ0n) is 24.9. The summed E-state index contributed by atoms with van der Waals surface area (Å²) < 4.78 is 46.6. The predicted octanol–water partition coefficient (Wildman–Crippen LogP) is 4.28. The van der Waals surface area contributed by atoms with Crippen molar-refractivity contribution in [3.8, 4) is 11.1 Å². The number of rotatable bonds is 7. The average Bonchev–Trinajstić information content (AvgIpc) is 3.30. The van der Waals surface area contributed by atoms with Gasteiger partial charge in [-0.25, -0.2) is 24.3 Å². The number of urea groups is 1. The summed E-state index contributed by atoms with van der Waals surface area (Å²) in [4.78, 5) is 41.8. The third kappa shape index (κ3) is 6.82. The number of nitrogens with two attached hydrogens (primary N) is 1. The van der Waals surface area contributed by atoms with Crippen LogP contribution in [0.15, 0.2) is 48.9 Å². The Morgan fingerprint density at radius 3 is 2.44 bits per heavy atom. The monoisotopic (exact) mass is 627 g/mol. The molecule has 238 valence electrons. The van der Waals surface area contributed by atoms with E-state index in [2.05, 4.69) is 30.6 Å². The summed E-state index contributed by atoms with van der Waals surface area (Å²) in [6.07, 6.45) is -2.33. The maximum absolute atomic E-state index is 13.8. The molecule has 13 nitrogen and oxygen atoms in total. The molecule has 1 aliphatic rings. The third-order valence-corrected chi connectivity index (χ3v) is 7.25. The number of hydroxylamine groups is 2. The summed E-state index contributed by atoms with van der Waals surface area (Å²) in [5.41, 5.74) is 8.11. The van der Waals surface area contributed by atoms with Gasteiger partial charge in [0.25, 0.3) is 5.91 Å². The van der Waals surface area contributed by atoms with E-state index in [4.69, 9.17) is 15.3 Å². The molecule has 1 saturated heterocycles. The number of carbonyl (C=O) groups is 2. The highest BCUT2D eigenvalue weighted by Crippen LogP contribution is 2.37. The van der Waals surface area contributed by atoms with E-state index >= 15 is 0 Å². The number of alkyl halides is 3. The smallest absolute Gasteiger partial charge is 0.382 e. The molecule has 45 heavy (non-hydrogen) atoms. The van der Waals surface area contributed by atoms with E-state index in [9.17, 15) is 22.8 Å². The molecule has 0 aliphatic carbocycles. The molecule has 1 aromatic carbocycles. The number of nitrogen functional groups attached to an aromatic ring is 1. The fourth-order valence-corrected chi connectivity index (χ4v) is 5.37. The minimum absolute atomic E-state index is 0.0125. The Balaban J connectivity index is 1.49. The number of hydrogen-bond acceptors (Lipinski definition) is 9. The number of halogens is 3. The van der Waals surface area contributed by atoms with Crippen molar-refractivity contribution in [1.82, 2.24) is 29.5 Å². The molecule has 3 aromatic heterocycles. The van der Waals surface area contributed by atoms with Gasteiger partial charge in [-0.2, -0.15) is 18.3 Å². The molecule has 16 heteroatoms. The van der Waals surface area contributed by atoms with E-state index < -0.39 is 23.7 Å². The Morgan fingerprint density at radius 1 is 1.11 bits per heavy atom. The molecule has 4 N–H and O–H groups in total. The molecule has 0 spiro atoms. The van der Waals surface area contributed by atoms with E-state index in [0.717, 1.165) is 23.4 Å². The van der Waals surface area contributed by atoms with Crippen LogP contribution in [0.2, 0.25) is 0 Å². The van der Waals surface area contributed by atoms with Gasteiger partial charge in [0.2, 0.25) is 0 Å². The van der Waals surface area contributed by atoms with E-state index in [-0.39, 0.29) is 23.8 Å². The van der Waals surface area contributed by atoms with Crippen molar-refractivity contribution in [2.75, 3.05) is 43.6 Å². The molecule has 1 fully saturated rings. The molecular formula is C29H32F3N9O4. The fraction of sp³-hybridized carbons (Fsp3) is 0.345. The molecule has 1 aliphatic heterocycles. The standard InChI is InChI=1S/C29H32F3N9O4/c1-16-12-40(13-17(2)45-16)14-21-24(27(42)39(3)44-4)23(25-26(33)35-15-36-41(21)25)18-5-7-20(8-6-18)37-28(43)38-22-11-19(9-10-34-22)29(30,31)32/h5-11,15-17H,12-14H2,1-4H3,(H2,33,35,36)(H2,34,37,38,43). The van der Waals surface area contributed by atoms with Crippen LogP contribution in [-0.2, 0) is 22.3 Å². The maximum atomic E-state index is 13.8. The first kappa shape index (κ1) is 31.6. The highest BCUT2D eigenvalue weighted by atomic mass is 19.4. The number of morpholine rings is 1. The van der Waals surface area contributed by atoms with Gasteiger partial charge in [0.1, 0.15) is 17.7 Å². The fourth-order valence-electron chi connectivity index (χ4n) is 5.37. The molecule has 4 aromatic rings. The first-order chi connectivity index (χ1) is 21.3. The van der Waals surface area contributed by atoms with Gasteiger partial charge in [0.05, 0.1) is 36.1 Å². The van der Waals surface area contributed by atoms with Gasteiger partial charge in [-0.05, 0) is 43.7 Å². The van der Waals surface area contributed by atoms with Gasteiger partial charge >= 0.3 is 12.2 Å².